The molecule has 0 saturated carbocycles. The number of aromatic carboxylic acids is 1. The van der Waals surface area contributed by atoms with Crippen LogP contribution in [0.25, 0.3) is 16.9 Å². The van der Waals surface area contributed by atoms with Crippen molar-refractivity contribution in [2.75, 3.05) is 0 Å². The van der Waals surface area contributed by atoms with Gasteiger partial charge in [-0.2, -0.15) is 5.26 Å². The second-order valence-corrected chi connectivity index (χ2v) is 5.23. The Balaban J connectivity index is 2.06. The highest BCUT2D eigenvalue weighted by atomic mass is 16.4. The first-order chi connectivity index (χ1) is 12.0. The van der Waals surface area contributed by atoms with E-state index >= 15 is 0 Å². The van der Waals surface area contributed by atoms with Crippen LogP contribution in [0.4, 0.5) is 0 Å². The first kappa shape index (κ1) is 16.2. The van der Waals surface area contributed by atoms with E-state index in [4.69, 9.17) is 16.1 Å². The Morgan fingerprint density at radius 1 is 1.32 bits per heavy atom. The van der Waals surface area contributed by atoms with E-state index in [9.17, 15) is 9.59 Å². The molecular weight excluding hydrogens is 322 g/mol. The number of rotatable bonds is 4. The summed E-state index contributed by atoms with van der Waals surface area (Å²) >= 11 is 0. The molecule has 0 atom stereocenters. The standard InChI is InChI=1S/C17H13N5O3/c18-6-10-1-3-13(12(5-10)7-19)14-9-21-22(16(14)23)15-4-2-11(8-20-15)17(24)25/h1-5,8-9,21H,7,19H2,(H,24,25). The Morgan fingerprint density at radius 3 is 2.72 bits per heavy atom. The summed E-state index contributed by atoms with van der Waals surface area (Å²) in [4.78, 5) is 27.5. The summed E-state index contributed by atoms with van der Waals surface area (Å²) in [6.45, 7) is 0.182. The maximum absolute atomic E-state index is 12.7. The lowest BCUT2D eigenvalue weighted by Crippen LogP contribution is -2.17. The number of nitrogens with two attached hydrogens (primary N) is 1. The van der Waals surface area contributed by atoms with Gasteiger partial charge in [-0.25, -0.2) is 14.5 Å². The van der Waals surface area contributed by atoms with Gasteiger partial charge >= 0.3 is 5.97 Å². The number of nitrogens with zero attached hydrogens (tertiary/aromatic N) is 3. The fraction of sp³-hybridized carbons (Fsp3) is 0.0588. The zero-order valence-electron chi connectivity index (χ0n) is 12.9. The molecule has 2 heterocycles. The van der Waals surface area contributed by atoms with E-state index in [1.165, 1.54) is 29.2 Å². The minimum atomic E-state index is -1.09. The lowest BCUT2D eigenvalue weighted by atomic mass is 10.00. The molecule has 3 rings (SSSR count). The number of carboxylic acids is 1. The molecule has 2 aromatic heterocycles. The van der Waals surface area contributed by atoms with Gasteiger partial charge in [0.05, 0.1) is 22.8 Å². The molecule has 0 bridgehead atoms. The largest absolute Gasteiger partial charge is 0.478 e. The molecule has 8 nitrogen and oxygen atoms in total. The van der Waals surface area contributed by atoms with Crippen molar-refractivity contribution >= 4 is 5.97 Å². The first-order valence-electron chi connectivity index (χ1n) is 7.28. The van der Waals surface area contributed by atoms with Crippen LogP contribution in [0, 0.1) is 11.3 Å². The molecule has 0 amide bonds. The number of aromatic nitrogens is 3. The fourth-order valence-electron chi connectivity index (χ4n) is 2.47. The maximum atomic E-state index is 12.7. The Morgan fingerprint density at radius 2 is 2.12 bits per heavy atom. The molecule has 0 aliphatic heterocycles. The van der Waals surface area contributed by atoms with Gasteiger partial charge in [0.25, 0.3) is 5.56 Å². The number of carbonyl (C=O) groups is 1. The minimum absolute atomic E-state index is 0.0288. The predicted molar refractivity (Wildman–Crippen MR) is 89.2 cm³/mol. The monoisotopic (exact) mass is 335 g/mol. The first-order valence-corrected chi connectivity index (χ1v) is 7.28. The second kappa shape index (κ2) is 6.43. The number of nitrogens with one attached hydrogen (secondary N) is 1. The number of hydrogen-bond donors (Lipinski definition) is 3. The van der Waals surface area contributed by atoms with E-state index in [0.717, 1.165) is 0 Å². The van der Waals surface area contributed by atoms with Crippen LogP contribution in [0.5, 0.6) is 0 Å². The number of hydrogen-bond acceptors (Lipinski definition) is 5. The van der Waals surface area contributed by atoms with Crippen molar-refractivity contribution < 1.29 is 9.90 Å². The van der Waals surface area contributed by atoms with Crippen LogP contribution in [0.15, 0.2) is 47.5 Å². The van der Waals surface area contributed by atoms with Gasteiger partial charge in [-0.05, 0) is 35.4 Å². The van der Waals surface area contributed by atoms with E-state index in [1.54, 1.807) is 18.2 Å². The van der Waals surface area contributed by atoms with Crippen LogP contribution in [0.2, 0.25) is 0 Å². The molecule has 3 aromatic rings. The Bertz CT molecular complexity index is 1040. The lowest BCUT2D eigenvalue weighted by Gasteiger charge is -2.05. The molecule has 1 aromatic carbocycles. The molecule has 124 valence electrons. The third kappa shape index (κ3) is 2.91. The number of aromatic amines is 1. The van der Waals surface area contributed by atoms with Gasteiger partial charge in [0.2, 0.25) is 0 Å². The Hall–Kier alpha value is -3.70. The molecule has 0 unspecified atom stereocenters. The van der Waals surface area contributed by atoms with Crippen molar-refractivity contribution in [3.63, 3.8) is 0 Å². The second-order valence-electron chi connectivity index (χ2n) is 5.23. The van der Waals surface area contributed by atoms with E-state index in [0.29, 0.717) is 22.3 Å². The van der Waals surface area contributed by atoms with Gasteiger partial charge in [-0.15, -0.1) is 0 Å². The molecule has 0 radical (unpaired) electrons. The maximum Gasteiger partial charge on any atom is 0.337 e. The summed E-state index contributed by atoms with van der Waals surface area (Å²) in [6, 6.07) is 9.78. The Labute approximate surface area is 141 Å². The normalized spacial score (nSPS) is 10.4. The SMILES string of the molecule is N#Cc1ccc(-c2c[nH]n(-c3ccc(C(=O)O)cn3)c2=O)c(CN)c1. The van der Waals surface area contributed by atoms with Crippen LogP contribution in [-0.2, 0) is 6.54 Å². The summed E-state index contributed by atoms with van der Waals surface area (Å²) in [6.07, 6.45) is 2.70. The molecule has 0 aliphatic carbocycles. The van der Waals surface area contributed by atoms with Crippen molar-refractivity contribution in [1.29, 1.82) is 5.26 Å². The van der Waals surface area contributed by atoms with Crippen LogP contribution in [0.1, 0.15) is 21.5 Å². The highest BCUT2D eigenvalue weighted by Gasteiger charge is 2.14. The third-order valence-electron chi connectivity index (χ3n) is 3.74. The minimum Gasteiger partial charge on any atom is -0.478 e. The smallest absolute Gasteiger partial charge is 0.337 e. The van der Waals surface area contributed by atoms with Crippen molar-refractivity contribution in [1.82, 2.24) is 14.8 Å². The summed E-state index contributed by atoms with van der Waals surface area (Å²) in [5.74, 6) is -0.826. The van der Waals surface area contributed by atoms with Gasteiger partial charge in [-0.3, -0.25) is 9.89 Å². The number of pyridine rings is 1. The average Bonchev–Trinajstić information content (AvgIpc) is 3.02. The zero-order valence-corrected chi connectivity index (χ0v) is 12.9. The number of H-pyrrole nitrogens is 1. The molecule has 0 fully saturated rings. The van der Waals surface area contributed by atoms with Gasteiger partial charge < -0.3 is 10.8 Å². The van der Waals surface area contributed by atoms with Crippen molar-refractivity contribution in [3.05, 3.63) is 69.8 Å². The molecule has 4 N–H and O–H groups in total. The van der Waals surface area contributed by atoms with Crippen LogP contribution < -0.4 is 11.3 Å². The molecular formula is C17H13N5O3. The molecule has 0 saturated heterocycles. The number of nitriles is 1. The van der Waals surface area contributed by atoms with Crippen LogP contribution >= 0.6 is 0 Å². The van der Waals surface area contributed by atoms with Crippen LogP contribution in [-0.4, -0.2) is 25.8 Å². The molecule has 8 heteroatoms. The number of benzene rings is 1. The Kier molecular flexibility index (Phi) is 4.16. The quantitative estimate of drug-likeness (QED) is 0.656. The highest BCUT2D eigenvalue weighted by Crippen LogP contribution is 2.22. The zero-order chi connectivity index (χ0) is 18.0. The molecule has 0 aliphatic rings. The summed E-state index contributed by atoms with van der Waals surface area (Å²) < 4.78 is 1.21. The summed E-state index contributed by atoms with van der Waals surface area (Å²) in [7, 11) is 0. The molecule has 25 heavy (non-hydrogen) atoms. The van der Waals surface area contributed by atoms with Gasteiger partial charge in [-0.1, -0.05) is 6.07 Å². The summed E-state index contributed by atoms with van der Waals surface area (Å²) in [5.41, 5.74) is 7.56. The molecule has 0 spiro atoms. The van der Waals surface area contributed by atoms with Crippen molar-refractivity contribution in [3.8, 4) is 23.0 Å². The van der Waals surface area contributed by atoms with Crippen molar-refractivity contribution in [2.45, 2.75) is 6.54 Å². The van der Waals surface area contributed by atoms with E-state index in [2.05, 4.69) is 10.1 Å². The van der Waals surface area contributed by atoms with Crippen LogP contribution in [0.3, 0.4) is 0 Å². The fourth-order valence-corrected chi connectivity index (χ4v) is 2.47. The van der Waals surface area contributed by atoms with Gasteiger partial charge in [0.15, 0.2) is 5.82 Å². The van der Waals surface area contributed by atoms with E-state index in [-0.39, 0.29) is 23.5 Å². The van der Waals surface area contributed by atoms with Crippen molar-refractivity contribution in [2.24, 2.45) is 5.73 Å². The predicted octanol–water partition coefficient (Wildman–Crippen LogP) is 1.26. The average molecular weight is 335 g/mol. The van der Waals surface area contributed by atoms with E-state index in [1.807, 2.05) is 6.07 Å². The van der Waals surface area contributed by atoms with Gasteiger partial charge in [0, 0.05) is 18.9 Å². The third-order valence-corrected chi connectivity index (χ3v) is 3.74. The van der Waals surface area contributed by atoms with Gasteiger partial charge in [0.1, 0.15) is 0 Å². The number of carboxylic acid groups (broad SMARTS) is 1. The lowest BCUT2D eigenvalue weighted by molar-refractivity contribution is 0.0696. The summed E-state index contributed by atoms with van der Waals surface area (Å²) in [5, 5.41) is 20.7. The van der Waals surface area contributed by atoms with E-state index < -0.39 is 5.97 Å². The highest BCUT2D eigenvalue weighted by molar-refractivity contribution is 5.87. The topological polar surface area (TPSA) is 138 Å².